The number of thiophene rings is 1. The molecule has 2 aromatic carbocycles. The number of amides is 1. The Morgan fingerprint density at radius 1 is 1.08 bits per heavy atom. The van der Waals surface area contributed by atoms with Gasteiger partial charge >= 0.3 is 0 Å². The molecule has 1 heterocycles. The van der Waals surface area contributed by atoms with Crippen LogP contribution in [-0.4, -0.2) is 18.2 Å². The second-order valence-corrected chi connectivity index (χ2v) is 13.6. The Morgan fingerprint density at radius 3 is 2.62 bits per heavy atom. The zero-order valence-corrected chi connectivity index (χ0v) is 26.4. The zero-order valence-electron chi connectivity index (χ0n) is 20.5. The summed E-state index contributed by atoms with van der Waals surface area (Å²) in [5.41, 5.74) is 3.98. The van der Waals surface area contributed by atoms with Gasteiger partial charge in [-0.2, -0.15) is 0 Å². The van der Waals surface area contributed by atoms with E-state index in [2.05, 4.69) is 62.6 Å². The van der Waals surface area contributed by atoms with Crippen LogP contribution in [0.4, 0.5) is 5.00 Å². The van der Waals surface area contributed by atoms with Crippen LogP contribution in [0.15, 0.2) is 41.4 Å². The van der Waals surface area contributed by atoms with Crippen molar-refractivity contribution in [2.45, 2.75) is 70.4 Å². The van der Waals surface area contributed by atoms with E-state index in [0.29, 0.717) is 11.6 Å². The van der Waals surface area contributed by atoms with Crippen LogP contribution in [0.2, 0.25) is 5.02 Å². The number of aryl methyl sites for hydroxylation is 1. The highest BCUT2D eigenvalue weighted by Crippen LogP contribution is 2.40. The van der Waals surface area contributed by atoms with E-state index in [1.54, 1.807) is 11.3 Å². The monoisotopic (exact) mass is 758 g/mol. The van der Waals surface area contributed by atoms with Crippen LogP contribution < -0.4 is 10.1 Å². The number of hydrogen-bond donors (Lipinski definition) is 1. The number of fused-ring (bicyclic) bond motifs is 1. The molecule has 8 heteroatoms. The van der Waals surface area contributed by atoms with E-state index >= 15 is 0 Å². The number of hydrogen-bond acceptors (Lipinski definition) is 4. The summed E-state index contributed by atoms with van der Waals surface area (Å²) >= 11 is 12.4. The molecule has 5 rings (SSSR count). The summed E-state index contributed by atoms with van der Waals surface area (Å²) in [5.74, 6) is 0.851. The predicted octanol–water partition coefficient (Wildman–Crippen LogP) is 8.88. The van der Waals surface area contributed by atoms with Crippen molar-refractivity contribution in [2.24, 2.45) is 4.99 Å². The van der Waals surface area contributed by atoms with Gasteiger partial charge in [-0.05, 0) is 119 Å². The van der Waals surface area contributed by atoms with E-state index in [4.69, 9.17) is 21.3 Å². The lowest BCUT2D eigenvalue weighted by Gasteiger charge is -2.23. The SMILES string of the molecule is O=C(NC1CCCCC1)c1c(N=Cc2cc(I)cc(I)c2OCc2ccc(Cl)cc2)sc2c1CCCC2. The maximum absolute atomic E-state index is 13.5. The van der Waals surface area contributed by atoms with Gasteiger partial charge in [-0.25, -0.2) is 4.99 Å². The Bertz CT molecular complexity index is 1300. The van der Waals surface area contributed by atoms with Gasteiger partial charge in [-0.1, -0.05) is 43.0 Å². The van der Waals surface area contributed by atoms with Gasteiger partial charge in [0.15, 0.2) is 0 Å². The first-order chi connectivity index (χ1) is 18.0. The largest absolute Gasteiger partial charge is 0.487 e. The van der Waals surface area contributed by atoms with E-state index < -0.39 is 0 Å². The molecule has 0 unspecified atom stereocenters. The number of rotatable bonds is 7. The van der Waals surface area contributed by atoms with Crippen molar-refractivity contribution in [3.05, 3.63) is 75.7 Å². The number of aliphatic imine (C=N–C) groups is 1. The normalized spacial score (nSPS) is 16.1. The van der Waals surface area contributed by atoms with Crippen LogP contribution in [0, 0.1) is 7.14 Å². The number of ether oxygens (including phenoxy) is 1. The molecule has 0 aliphatic heterocycles. The molecule has 37 heavy (non-hydrogen) atoms. The minimum atomic E-state index is 0.0508. The smallest absolute Gasteiger partial charge is 0.254 e. The lowest BCUT2D eigenvalue weighted by molar-refractivity contribution is 0.0927. The standard InChI is InChI=1S/C29H29ClI2N2O2S/c30-20-12-10-18(11-13-20)17-36-27-19(14-21(31)15-24(27)32)16-33-29-26(23-8-4-5-9-25(23)37-29)28(35)34-22-6-2-1-3-7-22/h10-16,22H,1-9,17H2,(H,34,35). The van der Waals surface area contributed by atoms with Crippen LogP contribution in [0.5, 0.6) is 5.75 Å². The van der Waals surface area contributed by atoms with Gasteiger partial charge in [0.25, 0.3) is 5.91 Å². The van der Waals surface area contributed by atoms with Crippen LogP contribution in [0.25, 0.3) is 0 Å². The molecule has 2 aliphatic carbocycles. The number of carbonyl (C=O) groups is 1. The summed E-state index contributed by atoms with van der Waals surface area (Å²) in [5, 5.41) is 4.87. The Morgan fingerprint density at radius 2 is 1.84 bits per heavy atom. The number of carbonyl (C=O) groups excluding carboxylic acids is 1. The number of halogens is 3. The summed E-state index contributed by atoms with van der Waals surface area (Å²) in [6, 6.07) is 12.2. The van der Waals surface area contributed by atoms with Gasteiger partial charge in [0.1, 0.15) is 17.4 Å². The van der Waals surface area contributed by atoms with Gasteiger partial charge in [0.05, 0.1) is 9.13 Å². The average Bonchev–Trinajstić information content (AvgIpc) is 3.27. The van der Waals surface area contributed by atoms with Gasteiger partial charge in [0, 0.05) is 31.3 Å². The highest BCUT2D eigenvalue weighted by atomic mass is 127. The topological polar surface area (TPSA) is 50.7 Å². The number of nitrogens with zero attached hydrogens (tertiary/aromatic N) is 1. The zero-order chi connectivity index (χ0) is 25.8. The molecule has 1 fully saturated rings. The van der Waals surface area contributed by atoms with E-state index in [-0.39, 0.29) is 11.9 Å². The maximum atomic E-state index is 13.5. The fourth-order valence-corrected chi connectivity index (χ4v) is 8.48. The molecule has 1 N–H and O–H groups in total. The molecule has 0 saturated heterocycles. The van der Waals surface area contributed by atoms with Gasteiger partial charge in [-0.15, -0.1) is 11.3 Å². The number of benzene rings is 2. The van der Waals surface area contributed by atoms with E-state index in [9.17, 15) is 4.79 Å². The molecule has 0 radical (unpaired) electrons. The molecule has 0 bridgehead atoms. The molecule has 0 spiro atoms. The quantitative estimate of drug-likeness (QED) is 0.194. The molecule has 4 nitrogen and oxygen atoms in total. The number of nitrogens with one attached hydrogen (secondary N) is 1. The fraction of sp³-hybridized carbons (Fsp3) is 0.379. The van der Waals surface area contributed by atoms with Gasteiger partial charge in [0.2, 0.25) is 0 Å². The molecule has 1 aromatic heterocycles. The van der Waals surface area contributed by atoms with Gasteiger partial charge in [-0.3, -0.25) is 4.79 Å². The lowest BCUT2D eigenvalue weighted by Crippen LogP contribution is -2.36. The molecule has 1 amide bonds. The minimum absolute atomic E-state index is 0.0508. The first-order valence-electron chi connectivity index (χ1n) is 12.8. The molecule has 3 aromatic rings. The van der Waals surface area contributed by atoms with Crippen molar-refractivity contribution in [3.8, 4) is 5.75 Å². The first kappa shape index (κ1) is 27.4. The second kappa shape index (κ2) is 12.8. The Balaban J connectivity index is 1.43. The average molecular weight is 759 g/mol. The molecule has 194 valence electrons. The lowest BCUT2D eigenvalue weighted by atomic mass is 9.93. The summed E-state index contributed by atoms with van der Waals surface area (Å²) in [7, 11) is 0. The highest BCUT2D eigenvalue weighted by molar-refractivity contribution is 14.1. The van der Waals surface area contributed by atoms with Crippen molar-refractivity contribution >= 4 is 85.2 Å². The van der Waals surface area contributed by atoms with Crippen LogP contribution in [0.3, 0.4) is 0 Å². The Kier molecular flexibility index (Phi) is 9.47. The molecule has 2 aliphatic rings. The van der Waals surface area contributed by atoms with Crippen molar-refractivity contribution in [1.29, 1.82) is 0 Å². The van der Waals surface area contributed by atoms with E-state index in [0.717, 1.165) is 66.7 Å². The van der Waals surface area contributed by atoms with E-state index in [1.807, 2.05) is 30.5 Å². The predicted molar refractivity (Wildman–Crippen MR) is 170 cm³/mol. The summed E-state index contributed by atoms with van der Waals surface area (Å²) in [6.45, 7) is 0.441. The fourth-order valence-electron chi connectivity index (χ4n) is 5.07. The summed E-state index contributed by atoms with van der Waals surface area (Å²) in [6.07, 6.45) is 12.0. The van der Waals surface area contributed by atoms with Crippen molar-refractivity contribution in [3.63, 3.8) is 0 Å². The Hall–Kier alpha value is -1.17. The third-order valence-electron chi connectivity index (χ3n) is 6.97. The molecular weight excluding hydrogens is 730 g/mol. The first-order valence-corrected chi connectivity index (χ1v) is 16.2. The van der Waals surface area contributed by atoms with Crippen LogP contribution in [-0.2, 0) is 19.4 Å². The third-order valence-corrected chi connectivity index (χ3v) is 9.85. The van der Waals surface area contributed by atoms with Crippen molar-refractivity contribution in [2.75, 3.05) is 0 Å². The molecule has 0 atom stereocenters. The van der Waals surface area contributed by atoms with Crippen LogP contribution >= 0.6 is 68.1 Å². The third kappa shape index (κ3) is 6.89. The van der Waals surface area contributed by atoms with Crippen molar-refractivity contribution < 1.29 is 9.53 Å². The molecule has 1 saturated carbocycles. The summed E-state index contributed by atoms with van der Waals surface area (Å²) < 4.78 is 8.42. The Labute approximate surface area is 254 Å². The maximum Gasteiger partial charge on any atom is 0.254 e. The highest BCUT2D eigenvalue weighted by Gasteiger charge is 2.27. The van der Waals surface area contributed by atoms with Crippen molar-refractivity contribution in [1.82, 2.24) is 5.32 Å². The van der Waals surface area contributed by atoms with E-state index in [1.165, 1.54) is 36.1 Å². The summed E-state index contributed by atoms with van der Waals surface area (Å²) in [4.78, 5) is 19.8. The molecular formula is C29H29ClI2N2O2S. The van der Waals surface area contributed by atoms with Gasteiger partial charge < -0.3 is 10.1 Å². The second-order valence-electron chi connectivity index (χ2n) is 9.68. The van der Waals surface area contributed by atoms with Crippen LogP contribution in [0.1, 0.15) is 76.9 Å². The minimum Gasteiger partial charge on any atom is -0.487 e.